The van der Waals surface area contributed by atoms with Crippen molar-refractivity contribution in [1.82, 2.24) is 5.01 Å². The summed E-state index contributed by atoms with van der Waals surface area (Å²) in [5.74, 6) is -0.124. The van der Waals surface area contributed by atoms with Crippen LogP contribution in [0.2, 0.25) is 0 Å². The Morgan fingerprint density at radius 2 is 2.56 bits per heavy atom. The summed E-state index contributed by atoms with van der Waals surface area (Å²) in [6.07, 6.45) is 6.01. The Morgan fingerprint density at radius 3 is 3.00 bits per heavy atom. The molecule has 0 spiro atoms. The molecule has 0 saturated carbocycles. The molecule has 0 amide bonds. The molecule has 48 valence electrons. The average Bonchev–Trinajstić information content (AvgIpc) is 1.90. The van der Waals surface area contributed by atoms with Gasteiger partial charge in [-0.1, -0.05) is 6.08 Å². The average molecular weight is 124 g/mol. The van der Waals surface area contributed by atoms with E-state index in [-0.39, 0.29) is 5.92 Å². The van der Waals surface area contributed by atoms with Crippen molar-refractivity contribution in [2.24, 2.45) is 11.0 Å². The first-order valence-corrected chi connectivity index (χ1v) is 2.73. The van der Waals surface area contributed by atoms with E-state index in [2.05, 4.69) is 5.10 Å². The lowest BCUT2D eigenvalue weighted by molar-refractivity contribution is -0.108. The van der Waals surface area contributed by atoms with E-state index >= 15 is 0 Å². The first-order chi connectivity index (χ1) is 4.33. The predicted octanol–water partition coefficient (Wildman–Crippen LogP) is 0.246. The van der Waals surface area contributed by atoms with Crippen LogP contribution in [0.1, 0.15) is 0 Å². The van der Waals surface area contributed by atoms with Crippen LogP contribution in [0.5, 0.6) is 0 Å². The smallest absolute Gasteiger partial charge is 0.132 e. The van der Waals surface area contributed by atoms with Crippen LogP contribution in [0, 0.1) is 5.92 Å². The number of hydrogen-bond donors (Lipinski definition) is 0. The minimum Gasteiger partial charge on any atom is -0.302 e. The Balaban J connectivity index is 2.58. The zero-order valence-electron chi connectivity index (χ0n) is 5.19. The molecule has 1 unspecified atom stereocenters. The molecule has 0 bridgehead atoms. The maximum absolute atomic E-state index is 10.1. The van der Waals surface area contributed by atoms with E-state index in [0.29, 0.717) is 0 Å². The highest BCUT2D eigenvalue weighted by Crippen LogP contribution is 1.99. The van der Waals surface area contributed by atoms with Crippen molar-refractivity contribution >= 4 is 12.5 Å². The number of hydrazone groups is 1. The Kier molecular flexibility index (Phi) is 1.63. The fraction of sp³-hybridized carbons (Fsp3) is 0.333. The molecule has 0 N–H and O–H groups in total. The summed E-state index contributed by atoms with van der Waals surface area (Å²) in [5, 5.41) is 5.53. The Hall–Kier alpha value is -1.12. The van der Waals surface area contributed by atoms with Gasteiger partial charge in [-0.2, -0.15) is 5.10 Å². The van der Waals surface area contributed by atoms with Gasteiger partial charge < -0.3 is 4.79 Å². The van der Waals surface area contributed by atoms with Gasteiger partial charge in [-0.15, -0.1) is 0 Å². The van der Waals surface area contributed by atoms with E-state index < -0.39 is 0 Å². The van der Waals surface area contributed by atoms with Crippen LogP contribution < -0.4 is 0 Å². The Labute approximate surface area is 53.7 Å². The molecule has 9 heavy (non-hydrogen) atoms. The maximum Gasteiger partial charge on any atom is 0.132 e. The highest BCUT2D eigenvalue weighted by atomic mass is 16.1. The van der Waals surface area contributed by atoms with E-state index in [1.807, 2.05) is 7.05 Å². The molecule has 0 aromatic heterocycles. The second-order valence-electron chi connectivity index (χ2n) is 1.89. The summed E-state index contributed by atoms with van der Waals surface area (Å²) in [4.78, 5) is 10.1. The van der Waals surface area contributed by atoms with Crippen molar-refractivity contribution in [3.8, 4) is 0 Å². The maximum atomic E-state index is 10.1. The lowest BCUT2D eigenvalue weighted by Crippen LogP contribution is -2.12. The molecule has 1 atom stereocenters. The van der Waals surface area contributed by atoms with Gasteiger partial charge in [0.1, 0.15) is 6.29 Å². The van der Waals surface area contributed by atoms with Crippen molar-refractivity contribution in [1.29, 1.82) is 0 Å². The van der Waals surface area contributed by atoms with E-state index in [9.17, 15) is 4.79 Å². The quantitative estimate of drug-likeness (QED) is 0.469. The number of carbonyl (C=O) groups excluding carboxylic acids is 1. The van der Waals surface area contributed by atoms with Crippen molar-refractivity contribution in [2.45, 2.75) is 0 Å². The lowest BCUT2D eigenvalue weighted by atomic mass is 10.2. The standard InChI is InChI=1S/C6H8N2O/c1-8-3-2-6(5-9)4-7-8/h2-6H,1H3. The molecule has 0 fully saturated rings. The Bertz CT molecular complexity index is 148. The van der Waals surface area contributed by atoms with Gasteiger partial charge in [0.2, 0.25) is 0 Å². The van der Waals surface area contributed by atoms with Gasteiger partial charge in [0.25, 0.3) is 0 Å². The second kappa shape index (κ2) is 2.44. The normalized spacial score (nSPS) is 24.6. The predicted molar refractivity (Wildman–Crippen MR) is 34.9 cm³/mol. The van der Waals surface area contributed by atoms with Gasteiger partial charge in [-0.25, -0.2) is 0 Å². The summed E-state index contributed by atoms with van der Waals surface area (Å²) in [6, 6.07) is 0. The summed E-state index contributed by atoms with van der Waals surface area (Å²) < 4.78 is 0. The number of carbonyl (C=O) groups is 1. The molecule has 3 nitrogen and oxygen atoms in total. The molecule has 0 saturated heterocycles. The zero-order chi connectivity index (χ0) is 6.69. The number of allylic oxidation sites excluding steroid dienone is 1. The van der Waals surface area contributed by atoms with Gasteiger partial charge >= 0.3 is 0 Å². The molecular formula is C6H8N2O. The summed E-state index contributed by atoms with van der Waals surface area (Å²) in [7, 11) is 1.81. The molecule has 3 heteroatoms. The third kappa shape index (κ3) is 1.38. The first kappa shape index (κ1) is 6.01. The first-order valence-electron chi connectivity index (χ1n) is 2.73. The number of rotatable bonds is 1. The third-order valence-corrected chi connectivity index (χ3v) is 1.10. The molecule has 1 aliphatic rings. The van der Waals surface area contributed by atoms with Crippen molar-refractivity contribution in [3.63, 3.8) is 0 Å². The molecular weight excluding hydrogens is 116 g/mol. The van der Waals surface area contributed by atoms with Gasteiger partial charge in [0.15, 0.2) is 0 Å². The van der Waals surface area contributed by atoms with Crippen molar-refractivity contribution < 1.29 is 4.79 Å². The highest BCUT2D eigenvalue weighted by molar-refractivity contribution is 5.83. The molecule has 1 heterocycles. The third-order valence-electron chi connectivity index (χ3n) is 1.10. The minimum atomic E-state index is -0.124. The molecule has 1 rings (SSSR count). The van der Waals surface area contributed by atoms with Crippen LogP contribution in [-0.4, -0.2) is 24.6 Å². The van der Waals surface area contributed by atoms with E-state index in [0.717, 1.165) is 6.29 Å². The number of aldehydes is 1. The molecule has 0 aliphatic carbocycles. The highest BCUT2D eigenvalue weighted by Gasteiger charge is 2.01. The zero-order valence-corrected chi connectivity index (χ0v) is 5.19. The summed E-state index contributed by atoms with van der Waals surface area (Å²) in [5.41, 5.74) is 0. The monoisotopic (exact) mass is 124 g/mol. The van der Waals surface area contributed by atoms with Crippen LogP contribution >= 0.6 is 0 Å². The fourth-order valence-electron chi connectivity index (χ4n) is 0.575. The summed E-state index contributed by atoms with van der Waals surface area (Å²) in [6.45, 7) is 0. The topological polar surface area (TPSA) is 32.7 Å². The number of nitrogens with zero attached hydrogens (tertiary/aromatic N) is 2. The fourth-order valence-corrected chi connectivity index (χ4v) is 0.575. The summed E-state index contributed by atoms with van der Waals surface area (Å²) >= 11 is 0. The van der Waals surface area contributed by atoms with Crippen LogP contribution in [0.15, 0.2) is 17.4 Å². The van der Waals surface area contributed by atoms with Crippen LogP contribution in [0.3, 0.4) is 0 Å². The van der Waals surface area contributed by atoms with E-state index in [1.54, 1.807) is 23.5 Å². The van der Waals surface area contributed by atoms with Crippen LogP contribution in [0.4, 0.5) is 0 Å². The van der Waals surface area contributed by atoms with Crippen molar-refractivity contribution in [2.75, 3.05) is 7.05 Å². The molecule has 0 radical (unpaired) electrons. The lowest BCUT2D eigenvalue weighted by Gasteiger charge is -2.11. The van der Waals surface area contributed by atoms with Gasteiger partial charge in [0, 0.05) is 19.5 Å². The van der Waals surface area contributed by atoms with Crippen LogP contribution in [-0.2, 0) is 4.79 Å². The second-order valence-corrected chi connectivity index (χ2v) is 1.89. The number of hydrogen-bond acceptors (Lipinski definition) is 3. The van der Waals surface area contributed by atoms with Gasteiger partial charge in [-0.05, 0) is 0 Å². The molecule has 1 aliphatic heterocycles. The largest absolute Gasteiger partial charge is 0.302 e. The van der Waals surface area contributed by atoms with Crippen LogP contribution in [0.25, 0.3) is 0 Å². The Morgan fingerprint density at radius 1 is 1.78 bits per heavy atom. The molecule has 0 aromatic carbocycles. The molecule has 0 aromatic rings. The van der Waals surface area contributed by atoms with Gasteiger partial charge in [-0.3, -0.25) is 5.01 Å². The van der Waals surface area contributed by atoms with Crippen molar-refractivity contribution in [3.05, 3.63) is 12.3 Å². The van der Waals surface area contributed by atoms with Gasteiger partial charge in [0.05, 0.1) is 5.92 Å². The van der Waals surface area contributed by atoms with E-state index in [4.69, 9.17) is 0 Å². The minimum absolute atomic E-state index is 0.124. The van der Waals surface area contributed by atoms with E-state index in [1.165, 1.54) is 0 Å². The SMILES string of the molecule is CN1C=CC(C=O)C=N1.